The summed E-state index contributed by atoms with van der Waals surface area (Å²) in [6.45, 7) is 1.46. The standard InChI is InChI=1S/C15H17NO3S/c17-15(18)14-12(9-16-8-10-4-3-7-20-10)11-5-1-2-6-13(11)19-14/h1-2,5-6,10,16H,3-4,7-9H2,(H,17,18). The quantitative estimate of drug-likeness (QED) is 0.886. The minimum atomic E-state index is -1.01. The molecule has 1 saturated heterocycles. The van der Waals surface area contributed by atoms with Gasteiger partial charge in [0.2, 0.25) is 5.76 Å². The Morgan fingerprint density at radius 1 is 1.45 bits per heavy atom. The van der Waals surface area contributed by atoms with Crippen LogP contribution in [-0.2, 0) is 6.54 Å². The van der Waals surface area contributed by atoms with E-state index in [1.54, 1.807) is 6.07 Å². The average Bonchev–Trinajstić information content (AvgIpc) is 3.07. The van der Waals surface area contributed by atoms with E-state index in [1.807, 2.05) is 30.0 Å². The van der Waals surface area contributed by atoms with Crippen LogP contribution in [0.15, 0.2) is 28.7 Å². The highest BCUT2D eigenvalue weighted by Crippen LogP contribution is 2.27. The first kappa shape index (κ1) is 13.5. The highest BCUT2D eigenvalue weighted by molar-refractivity contribution is 8.00. The topological polar surface area (TPSA) is 62.5 Å². The zero-order chi connectivity index (χ0) is 13.9. The minimum Gasteiger partial charge on any atom is -0.475 e. The Balaban J connectivity index is 1.78. The molecule has 0 saturated carbocycles. The van der Waals surface area contributed by atoms with Crippen molar-refractivity contribution < 1.29 is 14.3 Å². The van der Waals surface area contributed by atoms with Crippen molar-refractivity contribution in [1.29, 1.82) is 0 Å². The van der Waals surface area contributed by atoms with E-state index in [9.17, 15) is 9.90 Å². The number of hydrogen-bond donors (Lipinski definition) is 2. The Labute approximate surface area is 121 Å². The van der Waals surface area contributed by atoms with Crippen LogP contribution in [0, 0.1) is 0 Å². The second-order valence-corrected chi connectivity index (χ2v) is 6.39. The van der Waals surface area contributed by atoms with E-state index in [0.29, 0.717) is 17.4 Å². The number of nitrogens with one attached hydrogen (secondary N) is 1. The number of para-hydroxylation sites is 1. The molecule has 2 N–H and O–H groups in total. The zero-order valence-electron chi connectivity index (χ0n) is 11.1. The molecule has 1 atom stereocenters. The first-order valence-corrected chi connectivity index (χ1v) is 7.86. The van der Waals surface area contributed by atoms with Crippen LogP contribution >= 0.6 is 11.8 Å². The number of carboxylic acids is 1. The van der Waals surface area contributed by atoms with Gasteiger partial charge in [0.1, 0.15) is 5.58 Å². The van der Waals surface area contributed by atoms with Crippen LogP contribution in [0.1, 0.15) is 29.0 Å². The number of rotatable bonds is 5. The van der Waals surface area contributed by atoms with Crippen molar-refractivity contribution in [1.82, 2.24) is 5.32 Å². The van der Waals surface area contributed by atoms with Gasteiger partial charge in [-0.15, -0.1) is 0 Å². The van der Waals surface area contributed by atoms with Crippen molar-refractivity contribution in [2.45, 2.75) is 24.6 Å². The summed E-state index contributed by atoms with van der Waals surface area (Å²) >= 11 is 1.99. The van der Waals surface area contributed by atoms with Crippen molar-refractivity contribution in [2.75, 3.05) is 12.3 Å². The number of furan rings is 1. The summed E-state index contributed by atoms with van der Waals surface area (Å²) in [4.78, 5) is 11.3. The molecule has 1 fully saturated rings. The lowest BCUT2D eigenvalue weighted by Crippen LogP contribution is -2.23. The van der Waals surface area contributed by atoms with Gasteiger partial charge in [-0.05, 0) is 24.7 Å². The summed E-state index contributed by atoms with van der Waals surface area (Å²) in [6.07, 6.45) is 2.53. The third-order valence-corrected chi connectivity index (χ3v) is 4.99. The molecule has 20 heavy (non-hydrogen) atoms. The first-order chi connectivity index (χ1) is 9.75. The summed E-state index contributed by atoms with van der Waals surface area (Å²) < 4.78 is 5.44. The van der Waals surface area contributed by atoms with Crippen molar-refractivity contribution in [3.8, 4) is 0 Å². The van der Waals surface area contributed by atoms with E-state index in [4.69, 9.17) is 4.42 Å². The number of aromatic carboxylic acids is 1. The number of fused-ring (bicyclic) bond motifs is 1. The molecule has 0 amide bonds. The van der Waals surface area contributed by atoms with Gasteiger partial charge in [0.05, 0.1) is 0 Å². The maximum Gasteiger partial charge on any atom is 0.372 e. The molecule has 3 rings (SSSR count). The van der Waals surface area contributed by atoms with Gasteiger partial charge >= 0.3 is 5.97 Å². The van der Waals surface area contributed by atoms with Gasteiger partial charge in [-0.25, -0.2) is 4.79 Å². The fourth-order valence-corrected chi connectivity index (χ4v) is 3.85. The molecule has 1 aliphatic rings. The molecule has 1 aromatic heterocycles. The highest BCUT2D eigenvalue weighted by atomic mass is 32.2. The molecule has 0 spiro atoms. The number of carbonyl (C=O) groups is 1. The minimum absolute atomic E-state index is 0.0535. The van der Waals surface area contributed by atoms with Gasteiger partial charge in [0, 0.05) is 29.3 Å². The Morgan fingerprint density at radius 2 is 2.30 bits per heavy atom. The molecule has 1 aliphatic heterocycles. The molecule has 5 heteroatoms. The van der Waals surface area contributed by atoms with Crippen molar-refractivity contribution in [2.24, 2.45) is 0 Å². The molecule has 2 heterocycles. The third-order valence-electron chi connectivity index (χ3n) is 3.59. The zero-order valence-corrected chi connectivity index (χ0v) is 11.9. The fourth-order valence-electron chi connectivity index (χ4n) is 2.61. The fraction of sp³-hybridized carbons (Fsp3) is 0.400. The normalized spacial score (nSPS) is 18.7. The molecule has 0 aliphatic carbocycles. The van der Waals surface area contributed by atoms with Crippen molar-refractivity contribution >= 4 is 28.7 Å². The average molecular weight is 291 g/mol. The molecule has 106 valence electrons. The lowest BCUT2D eigenvalue weighted by atomic mass is 10.1. The highest BCUT2D eigenvalue weighted by Gasteiger charge is 2.20. The first-order valence-electron chi connectivity index (χ1n) is 6.81. The summed E-state index contributed by atoms with van der Waals surface area (Å²) in [5.74, 6) is 0.285. The Hall–Kier alpha value is -1.46. The van der Waals surface area contributed by atoms with Crippen LogP contribution < -0.4 is 5.32 Å². The van der Waals surface area contributed by atoms with E-state index in [-0.39, 0.29) is 5.76 Å². The van der Waals surface area contributed by atoms with Crippen LogP contribution in [0.4, 0.5) is 0 Å². The molecular weight excluding hydrogens is 274 g/mol. The monoisotopic (exact) mass is 291 g/mol. The van der Waals surface area contributed by atoms with Gasteiger partial charge in [0.25, 0.3) is 0 Å². The lowest BCUT2D eigenvalue weighted by molar-refractivity contribution is 0.0663. The molecular formula is C15H17NO3S. The molecule has 4 nitrogen and oxygen atoms in total. The van der Waals surface area contributed by atoms with Crippen LogP contribution in [0.25, 0.3) is 11.0 Å². The van der Waals surface area contributed by atoms with Crippen LogP contribution in [0.5, 0.6) is 0 Å². The number of hydrogen-bond acceptors (Lipinski definition) is 4. The van der Waals surface area contributed by atoms with Gasteiger partial charge in [0.15, 0.2) is 0 Å². The van der Waals surface area contributed by atoms with Crippen LogP contribution in [-0.4, -0.2) is 28.6 Å². The van der Waals surface area contributed by atoms with Crippen LogP contribution in [0.2, 0.25) is 0 Å². The molecule has 1 aromatic carbocycles. The Bertz CT molecular complexity index is 617. The van der Waals surface area contributed by atoms with Gasteiger partial charge in [-0.2, -0.15) is 11.8 Å². The number of carboxylic acid groups (broad SMARTS) is 1. The predicted molar refractivity (Wildman–Crippen MR) is 80.4 cm³/mol. The third kappa shape index (κ3) is 2.69. The summed E-state index contributed by atoms with van der Waals surface area (Å²) in [6, 6.07) is 7.47. The van der Waals surface area contributed by atoms with Gasteiger partial charge < -0.3 is 14.8 Å². The summed E-state index contributed by atoms with van der Waals surface area (Å²) in [5, 5.41) is 14.2. The van der Waals surface area contributed by atoms with E-state index >= 15 is 0 Å². The maximum atomic E-state index is 11.3. The predicted octanol–water partition coefficient (Wildman–Crippen LogP) is 3.12. The Kier molecular flexibility index (Phi) is 3.98. The van der Waals surface area contributed by atoms with Gasteiger partial charge in [-0.3, -0.25) is 0 Å². The lowest BCUT2D eigenvalue weighted by Gasteiger charge is -2.09. The second kappa shape index (κ2) is 5.89. The number of benzene rings is 1. The molecule has 0 bridgehead atoms. The smallest absolute Gasteiger partial charge is 0.372 e. The summed E-state index contributed by atoms with van der Waals surface area (Å²) in [5.41, 5.74) is 1.38. The molecule has 0 radical (unpaired) electrons. The van der Waals surface area contributed by atoms with Crippen LogP contribution in [0.3, 0.4) is 0 Å². The maximum absolute atomic E-state index is 11.3. The van der Waals surface area contributed by atoms with E-state index in [2.05, 4.69) is 5.32 Å². The van der Waals surface area contributed by atoms with E-state index < -0.39 is 5.97 Å². The van der Waals surface area contributed by atoms with Crippen molar-refractivity contribution in [3.63, 3.8) is 0 Å². The largest absolute Gasteiger partial charge is 0.475 e. The molecule has 2 aromatic rings. The second-order valence-electron chi connectivity index (χ2n) is 4.98. The van der Waals surface area contributed by atoms with Gasteiger partial charge in [-0.1, -0.05) is 18.2 Å². The molecule has 1 unspecified atom stereocenters. The number of thioether (sulfide) groups is 1. The summed E-state index contributed by atoms with van der Waals surface area (Å²) in [7, 11) is 0. The van der Waals surface area contributed by atoms with E-state index in [1.165, 1.54) is 18.6 Å². The SMILES string of the molecule is O=C(O)c1oc2ccccc2c1CNCC1CCCS1. The Morgan fingerprint density at radius 3 is 3.05 bits per heavy atom. The van der Waals surface area contributed by atoms with E-state index in [0.717, 1.165) is 17.5 Å². The van der Waals surface area contributed by atoms with Crippen molar-refractivity contribution in [3.05, 3.63) is 35.6 Å².